The molecule has 2 heterocycles. The van der Waals surface area contributed by atoms with Crippen LogP contribution in [-0.2, 0) is 4.79 Å². The largest absolute Gasteiger partial charge is 0.497 e. The number of hydrogen-bond acceptors (Lipinski definition) is 8. The summed E-state index contributed by atoms with van der Waals surface area (Å²) in [6, 6.07) is 11.0. The number of amides is 1. The van der Waals surface area contributed by atoms with Crippen LogP contribution in [0.4, 0.5) is 5.13 Å². The highest BCUT2D eigenvalue weighted by atomic mass is 32.1. The first kappa shape index (κ1) is 21.0. The number of benzene rings is 2. The zero-order chi connectivity index (χ0) is 21.8. The van der Waals surface area contributed by atoms with E-state index in [0.29, 0.717) is 37.7 Å². The van der Waals surface area contributed by atoms with Gasteiger partial charge in [0.05, 0.1) is 21.3 Å². The van der Waals surface area contributed by atoms with E-state index in [0.717, 1.165) is 26.8 Å². The minimum absolute atomic E-state index is 0.00268. The summed E-state index contributed by atoms with van der Waals surface area (Å²) in [4.78, 5) is 21.4. The summed E-state index contributed by atoms with van der Waals surface area (Å²) in [6.45, 7) is 2.64. The molecule has 164 valence electrons. The maximum atomic E-state index is 12.6. The quantitative estimate of drug-likeness (QED) is 0.556. The number of nitrogens with zero attached hydrogens (tertiary/aromatic N) is 3. The summed E-state index contributed by atoms with van der Waals surface area (Å²) in [5.41, 5.74) is 0.798. The van der Waals surface area contributed by atoms with E-state index in [4.69, 9.17) is 23.9 Å². The van der Waals surface area contributed by atoms with Crippen LogP contribution in [0.3, 0.4) is 0 Å². The smallest absolute Gasteiger partial charge is 0.260 e. The SMILES string of the molecule is COc1cccc(OCC(=O)N2CCN(c3nc4c(OC)ccc(OC)c4s3)CC2)c1. The number of ether oxygens (including phenoxy) is 4. The summed E-state index contributed by atoms with van der Waals surface area (Å²) in [5, 5.41) is 0.900. The van der Waals surface area contributed by atoms with Crippen molar-refractivity contribution in [2.75, 3.05) is 59.0 Å². The monoisotopic (exact) mass is 443 g/mol. The van der Waals surface area contributed by atoms with E-state index in [-0.39, 0.29) is 12.5 Å². The molecule has 1 aromatic heterocycles. The molecule has 0 radical (unpaired) electrons. The fraction of sp³-hybridized carbons (Fsp3) is 0.364. The van der Waals surface area contributed by atoms with Crippen molar-refractivity contribution >= 4 is 32.6 Å². The summed E-state index contributed by atoms with van der Waals surface area (Å²) in [7, 11) is 4.89. The predicted octanol–water partition coefficient (Wildman–Crippen LogP) is 3.05. The molecule has 1 aliphatic rings. The standard InChI is InChI=1S/C22H25N3O5S/c1-27-15-5-4-6-16(13-15)30-14-19(26)24-9-11-25(12-10-24)22-23-20-17(28-2)7-8-18(29-3)21(20)31-22/h4-8,13H,9-12,14H2,1-3H3. The molecule has 0 bridgehead atoms. The van der Waals surface area contributed by atoms with Crippen molar-refractivity contribution in [2.24, 2.45) is 0 Å². The second-order valence-corrected chi connectivity index (χ2v) is 7.96. The average molecular weight is 444 g/mol. The Bertz CT molecular complexity index is 1020. The van der Waals surface area contributed by atoms with Gasteiger partial charge in [-0.15, -0.1) is 0 Å². The Morgan fingerprint density at radius 2 is 1.68 bits per heavy atom. The molecule has 9 heteroatoms. The van der Waals surface area contributed by atoms with Crippen LogP contribution in [0.1, 0.15) is 0 Å². The van der Waals surface area contributed by atoms with Crippen LogP contribution < -0.4 is 23.8 Å². The van der Waals surface area contributed by atoms with Crippen LogP contribution in [0.15, 0.2) is 36.4 Å². The van der Waals surface area contributed by atoms with E-state index < -0.39 is 0 Å². The van der Waals surface area contributed by atoms with Gasteiger partial charge in [0, 0.05) is 32.2 Å². The highest BCUT2D eigenvalue weighted by molar-refractivity contribution is 7.22. The van der Waals surface area contributed by atoms with Crippen molar-refractivity contribution in [3.63, 3.8) is 0 Å². The lowest BCUT2D eigenvalue weighted by molar-refractivity contribution is -0.133. The molecule has 3 aromatic rings. The van der Waals surface area contributed by atoms with E-state index in [1.54, 1.807) is 38.7 Å². The van der Waals surface area contributed by atoms with Crippen molar-refractivity contribution in [2.45, 2.75) is 0 Å². The third-order valence-electron chi connectivity index (χ3n) is 5.21. The number of carbonyl (C=O) groups is 1. The lowest BCUT2D eigenvalue weighted by Gasteiger charge is -2.34. The van der Waals surface area contributed by atoms with Gasteiger partial charge in [0.25, 0.3) is 5.91 Å². The van der Waals surface area contributed by atoms with Gasteiger partial charge in [0.15, 0.2) is 11.7 Å². The van der Waals surface area contributed by atoms with Gasteiger partial charge in [0.1, 0.15) is 33.2 Å². The first-order chi connectivity index (χ1) is 15.1. The van der Waals surface area contributed by atoms with Crippen LogP contribution in [0.25, 0.3) is 10.2 Å². The number of carbonyl (C=O) groups excluding carboxylic acids is 1. The lowest BCUT2D eigenvalue weighted by Crippen LogP contribution is -2.50. The normalized spacial score (nSPS) is 13.9. The molecular weight excluding hydrogens is 418 g/mol. The predicted molar refractivity (Wildman–Crippen MR) is 120 cm³/mol. The van der Waals surface area contributed by atoms with Crippen molar-refractivity contribution < 1.29 is 23.7 Å². The number of aromatic nitrogens is 1. The van der Waals surface area contributed by atoms with Gasteiger partial charge in [-0.3, -0.25) is 4.79 Å². The zero-order valence-corrected chi connectivity index (χ0v) is 18.6. The molecule has 1 amide bonds. The minimum atomic E-state index is -0.0323. The lowest BCUT2D eigenvalue weighted by atomic mass is 10.3. The topological polar surface area (TPSA) is 73.4 Å². The van der Waals surface area contributed by atoms with E-state index >= 15 is 0 Å². The zero-order valence-electron chi connectivity index (χ0n) is 17.8. The molecule has 0 atom stereocenters. The van der Waals surface area contributed by atoms with Gasteiger partial charge in [0.2, 0.25) is 0 Å². The number of hydrogen-bond donors (Lipinski definition) is 0. The summed E-state index contributed by atoms with van der Waals surface area (Å²) >= 11 is 1.57. The number of fused-ring (bicyclic) bond motifs is 1. The molecule has 1 saturated heterocycles. The van der Waals surface area contributed by atoms with Crippen LogP contribution >= 0.6 is 11.3 Å². The fourth-order valence-corrected chi connectivity index (χ4v) is 4.61. The summed E-state index contributed by atoms with van der Waals surface area (Å²) < 4.78 is 22.7. The number of rotatable bonds is 7. The van der Waals surface area contributed by atoms with Gasteiger partial charge < -0.3 is 28.7 Å². The summed E-state index contributed by atoms with van der Waals surface area (Å²) in [6.07, 6.45) is 0. The Morgan fingerprint density at radius 3 is 2.39 bits per heavy atom. The molecule has 0 saturated carbocycles. The van der Waals surface area contributed by atoms with Crippen LogP contribution in [0, 0.1) is 0 Å². The minimum Gasteiger partial charge on any atom is -0.497 e. The molecule has 31 heavy (non-hydrogen) atoms. The van der Waals surface area contributed by atoms with Crippen LogP contribution in [-0.4, -0.2) is 69.9 Å². The van der Waals surface area contributed by atoms with Gasteiger partial charge in [-0.2, -0.15) is 0 Å². The van der Waals surface area contributed by atoms with Gasteiger partial charge in [-0.25, -0.2) is 4.98 Å². The second kappa shape index (κ2) is 9.30. The highest BCUT2D eigenvalue weighted by Crippen LogP contribution is 2.40. The molecule has 4 rings (SSSR count). The Kier molecular flexibility index (Phi) is 6.31. The molecule has 0 unspecified atom stereocenters. The van der Waals surface area contributed by atoms with Gasteiger partial charge in [-0.05, 0) is 24.3 Å². The van der Waals surface area contributed by atoms with E-state index in [2.05, 4.69) is 4.90 Å². The van der Waals surface area contributed by atoms with Crippen LogP contribution in [0.5, 0.6) is 23.0 Å². The van der Waals surface area contributed by atoms with Crippen molar-refractivity contribution in [3.8, 4) is 23.0 Å². The fourth-order valence-electron chi connectivity index (χ4n) is 3.48. The first-order valence-electron chi connectivity index (χ1n) is 9.94. The Hall–Kier alpha value is -3.20. The number of piperazine rings is 1. The molecule has 2 aromatic carbocycles. The number of anilines is 1. The molecule has 1 fully saturated rings. The van der Waals surface area contributed by atoms with E-state index in [9.17, 15) is 4.79 Å². The second-order valence-electron chi connectivity index (χ2n) is 6.98. The molecule has 0 N–H and O–H groups in total. The average Bonchev–Trinajstić information content (AvgIpc) is 3.27. The first-order valence-corrected chi connectivity index (χ1v) is 10.8. The molecule has 1 aliphatic heterocycles. The van der Waals surface area contributed by atoms with Crippen molar-refractivity contribution in [1.29, 1.82) is 0 Å². The molecule has 0 aliphatic carbocycles. The molecule has 8 nitrogen and oxygen atoms in total. The van der Waals surface area contributed by atoms with Gasteiger partial charge in [-0.1, -0.05) is 17.4 Å². The van der Waals surface area contributed by atoms with Gasteiger partial charge >= 0.3 is 0 Å². The Morgan fingerprint density at radius 1 is 0.968 bits per heavy atom. The van der Waals surface area contributed by atoms with E-state index in [1.807, 2.05) is 35.2 Å². The Balaban J connectivity index is 1.37. The number of methoxy groups -OCH3 is 3. The van der Waals surface area contributed by atoms with Crippen molar-refractivity contribution in [3.05, 3.63) is 36.4 Å². The molecular formula is C22H25N3O5S. The third kappa shape index (κ3) is 4.46. The summed E-state index contributed by atoms with van der Waals surface area (Å²) in [5.74, 6) is 2.78. The van der Waals surface area contributed by atoms with Crippen molar-refractivity contribution in [1.82, 2.24) is 9.88 Å². The maximum Gasteiger partial charge on any atom is 0.260 e. The maximum absolute atomic E-state index is 12.6. The third-order valence-corrected chi connectivity index (χ3v) is 6.34. The Labute approximate surface area is 184 Å². The molecule has 0 spiro atoms. The highest BCUT2D eigenvalue weighted by Gasteiger charge is 2.24. The number of thiazole rings is 1. The van der Waals surface area contributed by atoms with Crippen LogP contribution in [0.2, 0.25) is 0 Å². The van der Waals surface area contributed by atoms with E-state index in [1.165, 1.54) is 0 Å².